The van der Waals surface area contributed by atoms with Crippen LogP contribution >= 0.6 is 0 Å². The predicted octanol–water partition coefficient (Wildman–Crippen LogP) is 1.73. The highest BCUT2D eigenvalue weighted by atomic mass is 16.5. The summed E-state index contributed by atoms with van der Waals surface area (Å²) in [5.41, 5.74) is 0.446. The molecule has 0 N–H and O–H groups in total. The number of carbonyl (C=O) groups excluding carboxylic acids is 1. The number of ether oxygens (including phenoxy) is 1. The van der Waals surface area contributed by atoms with Gasteiger partial charge >= 0.3 is 0 Å². The maximum atomic E-state index is 10.6. The third-order valence-electron chi connectivity index (χ3n) is 2.09. The highest BCUT2D eigenvalue weighted by Crippen LogP contribution is 2.12. The Hall–Kier alpha value is -1.09. The Morgan fingerprint density at radius 2 is 2.31 bits per heavy atom. The standard InChI is InChI=1S/C10H15NO2/c1-10(2,13-3)8-11-6-4-5-9(11)7-12/h4-7H,8H2,1-3H3. The van der Waals surface area contributed by atoms with Gasteiger partial charge in [-0.2, -0.15) is 0 Å². The second kappa shape index (κ2) is 3.75. The van der Waals surface area contributed by atoms with E-state index in [0.29, 0.717) is 12.2 Å². The summed E-state index contributed by atoms with van der Waals surface area (Å²) in [4.78, 5) is 10.6. The molecular weight excluding hydrogens is 166 g/mol. The Labute approximate surface area is 78.3 Å². The molecule has 0 saturated heterocycles. The van der Waals surface area contributed by atoms with Gasteiger partial charge in [-0.15, -0.1) is 0 Å². The summed E-state index contributed by atoms with van der Waals surface area (Å²) in [5.74, 6) is 0. The fourth-order valence-electron chi connectivity index (χ4n) is 1.15. The molecule has 1 rings (SSSR count). The molecule has 0 fully saturated rings. The van der Waals surface area contributed by atoms with E-state index in [1.165, 1.54) is 0 Å². The van der Waals surface area contributed by atoms with Crippen molar-refractivity contribution in [1.29, 1.82) is 0 Å². The lowest BCUT2D eigenvalue weighted by Crippen LogP contribution is -2.29. The summed E-state index contributed by atoms with van der Waals surface area (Å²) < 4.78 is 7.16. The Morgan fingerprint density at radius 3 is 2.85 bits per heavy atom. The molecule has 0 aliphatic carbocycles. The first-order valence-corrected chi connectivity index (χ1v) is 4.24. The first-order valence-electron chi connectivity index (χ1n) is 4.24. The molecule has 0 amide bonds. The number of aromatic nitrogens is 1. The zero-order valence-electron chi connectivity index (χ0n) is 8.28. The SMILES string of the molecule is COC(C)(C)Cn1cccc1C=O. The van der Waals surface area contributed by atoms with Gasteiger partial charge in [0, 0.05) is 13.3 Å². The summed E-state index contributed by atoms with van der Waals surface area (Å²) in [6.07, 6.45) is 2.73. The first-order chi connectivity index (χ1) is 6.09. The Morgan fingerprint density at radius 1 is 1.62 bits per heavy atom. The summed E-state index contributed by atoms with van der Waals surface area (Å²) in [5, 5.41) is 0. The lowest BCUT2D eigenvalue weighted by molar-refractivity contribution is 0.00795. The fourth-order valence-corrected chi connectivity index (χ4v) is 1.15. The van der Waals surface area contributed by atoms with E-state index in [4.69, 9.17) is 4.74 Å². The normalized spacial score (nSPS) is 11.6. The number of rotatable bonds is 4. The lowest BCUT2D eigenvalue weighted by Gasteiger charge is -2.24. The first kappa shape index (κ1) is 9.99. The molecule has 0 radical (unpaired) electrons. The Balaban J connectivity index is 2.79. The van der Waals surface area contributed by atoms with Crippen LogP contribution in [0.5, 0.6) is 0 Å². The second-order valence-corrected chi connectivity index (χ2v) is 3.64. The van der Waals surface area contributed by atoms with E-state index >= 15 is 0 Å². The van der Waals surface area contributed by atoms with Gasteiger partial charge in [-0.25, -0.2) is 0 Å². The van der Waals surface area contributed by atoms with E-state index in [9.17, 15) is 4.79 Å². The van der Waals surface area contributed by atoms with Crippen molar-refractivity contribution in [2.45, 2.75) is 26.0 Å². The highest BCUT2D eigenvalue weighted by molar-refractivity contribution is 5.72. The van der Waals surface area contributed by atoms with Gasteiger partial charge in [-0.05, 0) is 26.0 Å². The molecule has 13 heavy (non-hydrogen) atoms. The van der Waals surface area contributed by atoms with Crippen LogP contribution in [0.25, 0.3) is 0 Å². The van der Waals surface area contributed by atoms with E-state index < -0.39 is 0 Å². The summed E-state index contributed by atoms with van der Waals surface area (Å²) in [7, 11) is 1.67. The Bertz CT molecular complexity index is 289. The largest absolute Gasteiger partial charge is 0.377 e. The number of methoxy groups -OCH3 is 1. The molecule has 0 bridgehead atoms. The van der Waals surface area contributed by atoms with Crippen molar-refractivity contribution < 1.29 is 9.53 Å². The van der Waals surface area contributed by atoms with Crippen molar-refractivity contribution in [1.82, 2.24) is 4.57 Å². The van der Waals surface area contributed by atoms with Crippen LogP contribution in [0.3, 0.4) is 0 Å². The quantitative estimate of drug-likeness (QED) is 0.662. The smallest absolute Gasteiger partial charge is 0.166 e. The average molecular weight is 181 g/mol. The lowest BCUT2D eigenvalue weighted by atomic mass is 10.1. The van der Waals surface area contributed by atoms with Crippen LogP contribution in [0, 0.1) is 0 Å². The van der Waals surface area contributed by atoms with Crippen molar-refractivity contribution in [2.75, 3.05) is 7.11 Å². The van der Waals surface area contributed by atoms with Gasteiger partial charge in [-0.3, -0.25) is 4.79 Å². The molecule has 0 aliphatic heterocycles. The predicted molar refractivity (Wildman–Crippen MR) is 50.9 cm³/mol. The van der Waals surface area contributed by atoms with E-state index in [1.54, 1.807) is 13.2 Å². The van der Waals surface area contributed by atoms with Crippen LogP contribution < -0.4 is 0 Å². The number of carbonyl (C=O) groups is 1. The minimum atomic E-state index is -0.239. The van der Waals surface area contributed by atoms with E-state index in [2.05, 4.69) is 0 Å². The zero-order valence-corrected chi connectivity index (χ0v) is 8.28. The van der Waals surface area contributed by atoms with Gasteiger partial charge in [-0.1, -0.05) is 0 Å². The maximum absolute atomic E-state index is 10.6. The summed E-state index contributed by atoms with van der Waals surface area (Å²) in [6, 6.07) is 3.65. The van der Waals surface area contributed by atoms with Gasteiger partial charge in [0.05, 0.1) is 17.8 Å². The molecule has 0 unspecified atom stereocenters. The van der Waals surface area contributed by atoms with Crippen molar-refractivity contribution in [2.24, 2.45) is 0 Å². The molecule has 0 atom stereocenters. The Kier molecular flexibility index (Phi) is 2.88. The van der Waals surface area contributed by atoms with Gasteiger partial charge < -0.3 is 9.30 Å². The van der Waals surface area contributed by atoms with Gasteiger partial charge in [0.15, 0.2) is 6.29 Å². The van der Waals surface area contributed by atoms with Crippen molar-refractivity contribution in [3.63, 3.8) is 0 Å². The number of aldehydes is 1. The van der Waals surface area contributed by atoms with Crippen LogP contribution in [0.4, 0.5) is 0 Å². The number of hydrogen-bond acceptors (Lipinski definition) is 2. The van der Waals surface area contributed by atoms with Crippen LogP contribution in [-0.2, 0) is 11.3 Å². The third-order valence-corrected chi connectivity index (χ3v) is 2.09. The molecule has 0 spiro atoms. The number of hydrogen-bond donors (Lipinski definition) is 0. The summed E-state index contributed by atoms with van der Waals surface area (Å²) in [6.45, 7) is 4.66. The number of nitrogens with zero attached hydrogens (tertiary/aromatic N) is 1. The molecule has 1 heterocycles. The molecule has 3 heteroatoms. The van der Waals surface area contributed by atoms with Gasteiger partial charge in [0.25, 0.3) is 0 Å². The molecule has 0 aromatic carbocycles. The molecule has 1 aromatic heterocycles. The molecular formula is C10H15NO2. The highest BCUT2D eigenvalue weighted by Gasteiger charge is 2.17. The molecule has 0 saturated carbocycles. The van der Waals surface area contributed by atoms with E-state index in [1.807, 2.05) is 30.7 Å². The minimum Gasteiger partial charge on any atom is -0.377 e. The van der Waals surface area contributed by atoms with Crippen molar-refractivity contribution in [3.8, 4) is 0 Å². The van der Waals surface area contributed by atoms with Crippen LogP contribution in [-0.4, -0.2) is 23.6 Å². The van der Waals surface area contributed by atoms with Crippen LogP contribution in [0.15, 0.2) is 18.3 Å². The molecule has 72 valence electrons. The molecule has 1 aromatic rings. The van der Waals surface area contributed by atoms with Gasteiger partial charge in [0.2, 0.25) is 0 Å². The van der Waals surface area contributed by atoms with Crippen LogP contribution in [0.1, 0.15) is 24.3 Å². The third kappa shape index (κ3) is 2.42. The topological polar surface area (TPSA) is 31.2 Å². The van der Waals surface area contributed by atoms with Crippen LogP contribution in [0.2, 0.25) is 0 Å². The average Bonchev–Trinajstić information content (AvgIpc) is 2.51. The van der Waals surface area contributed by atoms with Gasteiger partial charge in [0.1, 0.15) is 0 Å². The monoisotopic (exact) mass is 181 g/mol. The van der Waals surface area contributed by atoms with E-state index in [-0.39, 0.29) is 5.60 Å². The van der Waals surface area contributed by atoms with Crippen molar-refractivity contribution >= 4 is 6.29 Å². The maximum Gasteiger partial charge on any atom is 0.166 e. The molecule has 3 nitrogen and oxygen atoms in total. The molecule has 0 aliphatic rings. The fraction of sp³-hybridized carbons (Fsp3) is 0.500. The van der Waals surface area contributed by atoms with E-state index in [0.717, 1.165) is 6.29 Å². The second-order valence-electron chi connectivity index (χ2n) is 3.64. The minimum absolute atomic E-state index is 0.239. The zero-order chi connectivity index (χ0) is 9.90. The summed E-state index contributed by atoms with van der Waals surface area (Å²) >= 11 is 0. The van der Waals surface area contributed by atoms with Crippen molar-refractivity contribution in [3.05, 3.63) is 24.0 Å².